The van der Waals surface area contributed by atoms with Crippen LogP contribution in [0.4, 0.5) is 0 Å². The molecule has 3 aliphatic rings. The number of hydrogen-bond donors (Lipinski definition) is 2. The van der Waals surface area contributed by atoms with Crippen LogP contribution >= 0.6 is 11.3 Å². The van der Waals surface area contributed by atoms with E-state index in [0.29, 0.717) is 23.9 Å². The molecule has 2 unspecified atom stereocenters. The van der Waals surface area contributed by atoms with Crippen LogP contribution in [0.3, 0.4) is 0 Å². The number of ether oxygens (including phenoxy) is 1. The Hall–Kier alpha value is -2.19. The summed E-state index contributed by atoms with van der Waals surface area (Å²) in [5.41, 5.74) is 7.61. The van der Waals surface area contributed by atoms with Gasteiger partial charge >= 0.3 is 5.97 Å². The van der Waals surface area contributed by atoms with Crippen molar-refractivity contribution in [1.29, 1.82) is 0 Å². The van der Waals surface area contributed by atoms with Crippen LogP contribution in [-0.2, 0) is 4.74 Å². The second-order valence-electron chi connectivity index (χ2n) is 6.69. The van der Waals surface area contributed by atoms with Gasteiger partial charge in [0.15, 0.2) is 11.7 Å². The lowest BCUT2D eigenvalue weighted by molar-refractivity contribution is 0.0527. The van der Waals surface area contributed by atoms with Gasteiger partial charge in [-0.05, 0) is 38.3 Å². The smallest absolute Gasteiger partial charge is 0.338 e. The molecule has 0 aliphatic carbocycles. The number of esters is 1. The van der Waals surface area contributed by atoms with Crippen LogP contribution in [-0.4, -0.2) is 54.8 Å². The zero-order valence-corrected chi connectivity index (χ0v) is 15.6. The van der Waals surface area contributed by atoms with Crippen LogP contribution in [0.2, 0.25) is 0 Å². The second kappa shape index (κ2) is 7.20. The van der Waals surface area contributed by atoms with Crippen LogP contribution in [0.5, 0.6) is 0 Å². The van der Waals surface area contributed by atoms with E-state index < -0.39 is 0 Å². The molecule has 2 atom stereocenters. The van der Waals surface area contributed by atoms with Crippen LogP contribution in [0.1, 0.15) is 35.0 Å². The minimum Gasteiger partial charge on any atom is -0.462 e. The van der Waals surface area contributed by atoms with E-state index in [1.165, 1.54) is 24.2 Å². The van der Waals surface area contributed by atoms with Crippen molar-refractivity contribution >= 4 is 34.7 Å². The minimum absolute atomic E-state index is 0.220. The van der Waals surface area contributed by atoms with Gasteiger partial charge in [0, 0.05) is 18.5 Å². The first kappa shape index (κ1) is 17.2. The SMILES string of the molecule is CCOC(=O)c1csc(C2=CN=C(N)C3=NC(C4CCCNC4)CN23)c1. The molecule has 0 spiro atoms. The molecule has 1 fully saturated rings. The van der Waals surface area contributed by atoms with Gasteiger partial charge in [-0.2, -0.15) is 0 Å². The molecule has 1 aromatic heterocycles. The van der Waals surface area contributed by atoms with E-state index in [-0.39, 0.29) is 12.0 Å². The molecule has 0 aromatic carbocycles. The zero-order chi connectivity index (χ0) is 18.1. The summed E-state index contributed by atoms with van der Waals surface area (Å²) in [5.74, 6) is 1.44. The van der Waals surface area contributed by atoms with Gasteiger partial charge in [-0.15, -0.1) is 11.3 Å². The number of carbonyl (C=O) groups excluding carboxylic acids is 1. The maximum absolute atomic E-state index is 12.0. The molecule has 0 amide bonds. The Bertz CT molecular complexity index is 791. The van der Waals surface area contributed by atoms with Crippen molar-refractivity contribution < 1.29 is 9.53 Å². The average molecular weight is 373 g/mol. The van der Waals surface area contributed by atoms with E-state index in [9.17, 15) is 4.79 Å². The maximum atomic E-state index is 12.0. The highest BCUT2D eigenvalue weighted by atomic mass is 32.1. The molecule has 7 nitrogen and oxygen atoms in total. The van der Waals surface area contributed by atoms with E-state index in [1.807, 2.05) is 11.4 Å². The third-order valence-corrected chi connectivity index (χ3v) is 5.95. The third kappa shape index (κ3) is 3.14. The molecule has 1 saturated heterocycles. The molecule has 1 aromatic rings. The summed E-state index contributed by atoms with van der Waals surface area (Å²) >= 11 is 1.51. The number of nitrogens with two attached hydrogens (primary N) is 1. The largest absolute Gasteiger partial charge is 0.462 e. The quantitative estimate of drug-likeness (QED) is 0.784. The molecule has 3 N–H and O–H groups in total. The van der Waals surface area contributed by atoms with Gasteiger partial charge in [-0.1, -0.05) is 0 Å². The van der Waals surface area contributed by atoms with Crippen LogP contribution in [0.15, 0.2) is 27.6 Å². The Kier molecular flexibility index (Phi) is 4.78. The lowest BCUT2D eigenvalue weighted by Crippen LogP contribution is -2.41. The second-order valence-corrected chi connectivity index (χ2v) is 7.60. The first-order valence-corrected chi connectivity index (χ1v) is 9.91. The van der Waals surface area contributed by atoms with E-state index >= 15 is 0 Å². The molecular weight excluding hydrogens is 350 g/mol. The molecule has 0 bridgehead atoms. The lowest BCUT2D eigenvalue weighted by Gasteiger charge is -2.28. The van der Waals surface area contributed by atoms with Gasteiger partial charge in [-0.3, -0.25) is 4.99 Å². The molecule has 8 heteroatoms. The summed E-state index contributed by atoms with van der Waals surface area (Å²) in [6.07, 6.45) is 4.15. The van der Waals surface area contributed by atoms with Gasteiger partial charge < -0.3 is 20.7 Å². The van der Waals surface area contributed by atoms with Crippen molar-refractivity contribution in [3.05, 3.63) is 28.1 Å². The van der Waals surface area contributed by atoms with E-state index in [0.717, 1.165) is 36.0 Å². The van der Waals surface area contributed by atoms with Crippen LogP contribution in [0.25, 0.3) is 5.70 Å². The normalized spacial score (nSPS) is 25.3. The molecular formula is C18H23N5O2S. The van der Waals surface area contributed by atoms with E-state index in [4.69, 9.17) is 15.5 Å². The van der Waals surface area contributed by atoms with Crippen molar-refractivity contribution in [3.8, 4) is 0 Å². The Morgan fingerprint density at radius 2 is 2.42 bits per heavy atom. The first-order chi connectivity index (χ1) is 12.7. The summed E-state index contributed by atoms with van der Waals surface area (Å²) < 4.78 is 5.09. The summed E-state index contributed by atoms with van der Waals surface area (Å²) in [5, 5.41) is 5.29. The Morgan fingerprint density at radius 1 is 1.54 bits per heavy atom. The number of nitrogens with zero attached hydrogens (tertiary/aromatic N) is 3. The van der Waals surface area contributed by atoms with Crippen LogP contribution in [0, 0.1) is 5.92 Å². The average Bonchev–Trinajstić information content (AvgIpc) is 3.31. The molecule has 26 heavy (non-hydrogen) atoms. The number of fused-ring (bicyclic) bond motifs is 1. The standard InChI is InChI=1S/C18H23N5O2S/c1-2-25-18(24)12-6-15(26-10-12)14-8-21-16(19)17-22-13(9-23(14)17)11-4-3-5-20-7-11/h6,8,10-11,13,20H,2-5,7,9H2,1H3,(H2,19,21). The van der Waals surface area contributed by atoms with E-state index in [2.05, 4.69) is 15.2 Å². The monoisotopic (exact) mass is 373 g/mol. The Labute approximate surface area is 156 Å². The topological polar surface area (TPSA) is 92.3 Å². The summed E-state index contributed by atoms with van der Waals surface area (Å²) in [7, 11) is 0. The Morgan fingerprint density at radius 3 is 3.19 bits per heavy atom. The van der Waals surface area contributed by atoms with Crippen LogP contribution < -0.4 is 11.1 Å². The summed E-state index contributed by atoms with van der Waals surface area (Å²) in [6.45, 7) is 5.06. The molecule has 0 saturated carbocycles. The van der Waals surface area contributed by atoms with Gasteiger partial charge in [0.05, 0.1) is 35.0 Å². The predicted octanol–water partition coefficient (Wildman–Crippen LogP) is 1.68. The number of hydrogen-bond acceptors (Lipinski definition) is 8. The van der Waals surface area contributed by atoms with Crippen molar-refractivity contribution in [1.82, 2.24) is 10.2 Å². The summed E-state index contributed by atoms with van der Waals surface area (Å²) in [4.78, 5) is 24.3. The minimum atomic E-state index is -0.295. The highest BCUT2D eigenvalue weighted by Gasteiger charge is 2.37. The van der Waals surface area contributed by atoms with E-state index in [1.54, 1.807) is 13.1 Å². The molecule has 138 valence electrons. The fraction of sp³-hybridized carbons (Fsp3) is 0.500. The third-order valence-electron chi connectivity index (χ3n) is 5.00. The lowest BCUT2D eigenvalue weighted by atomic mass is 9.92. The van der Waals surface area contributed by atoms with Crippen molar-refractivity contribution in [2.45, 2.75) is 25.8 Å². The fourth-order valence-corrected chi connectivity index (χ4v) is 4.56. The Balaban J connectivity index is 1.57. The number of amidine groups is 2. The zero-order valence-electron chi connectivity index (χ0n) is 14.8. The highest BCUT2D eigenvalue weighted by Crippen LogP contribution is 2.33. The van der Waals surface area contributed by atoms with Crippen molar-refractivity contribution in [2.24, 2.45) is 21.6 Å². The number of carbonyl (C=O) groups is 1. The highest BCUT2D eigenvalue weighted by molar-refractivity contribution is 7.11. The number of piperidine rings is 1. The molecule has 4 heterocycles. The summed E-state index contributed by atoms with van der Waals surface area (Å²) in [6, 6.07) is 2.08. The van der Waals surface area contributed by atoms with Crippen molar-refractivity contribution in [2.75, 3.05) is 26.2 Å². The maximum Gasteiger partial charge on any atom is 0.338 e. The number of aliphatic imine (C=N–C) groups is 2. The van der Waals surface area contributed by atoms with Gasteiger partial charge in [0.1, 0.15) is 0 Å². The number of rotatable bonds is 4. The molecule has 4 rings (SSSR count). The van der Waals surface area contributed by atoms with Crippen molar-refractivity contribution in [3.63, 3.8) is 0 Å². The van der Waals surface area contributed by atoms with Gasteiger partial charge in [0.2, 0.25) is 0 Å². The number of nitrogens with one attached hydrogen (secondary N) is 1. The number of thiophene rings is 1. The predicted molar refractivity (Wildman–Crippen MR) is 103 cm³/mol. The first-order valence-electron chi connectivity index (χ1n) is 9.03. The van der Waals surface area contributed by atoms with Gasteiger partial charge in [0.25, 0.3) is 0 Å². The fourth-order valence-electron chi connectivity index (χ4n) is 3.67. The molecule has 0 radical (unpaired) electrons. The molecule has 3 aliphatic heterocycles. The van der Waals surface area contributed by atoms with Gasteiger partial charge in [-0.25, -0.2) is 9.79 Å².